The smallest absolute Gasteiger partial charge is 0.185 e. The van der Waals surface area contributed by atoms with Crippen molar-refractivity contribution >= 4 is 28.8 Å². The lowest BCUT2D eigenvalue weighted by Gasteiger charge is -2.43. The number of nitrogens with zero attached hydrogens (tertiary/aromatic N) is 2. The maximum atomic E-state index is 9.53. The number of hydrogen-bond acceptors (Lipinski definition) is 8. The summed E-state index contributed by atoms with van der Waals surface area (Å²) in [5.74, 6) is 0.650. The number of aryl methyl sites for hydroxylation is 1. The van der Waals surface area contributed by atoms with Gasteiger partial charge in [-0.2, -0.15) is 0 Å². The molecule has 35 heavy (non-hydrogen) atoms. The molecule has 0 radical (unpaired) electrons. The lowest BCUT2D eigenvalue weighted by atomic mass is 9.84. The molecule has 4 unspecified atom stereocenters. The van der Waals surface area contributed by atoms with E-state index in [1.165, 1.54) is 0 Å². The van der Waals surface area contributed by atoms with Gasteiger partial charge in [-0.25, -0.2) is 0 Å². The number of benzene rings is 3. The second-order valence-corrected chi connectivity index (χ2v) is 10.9. The molecule has 0 amide bonds. The summed E-state index contributed by atoms with van der Waals surface area (Å²) in [7, 11) is 0. The molecule has 0 spiro atoms. The normalized spacial score (nSPS) is 22.2. The van der Waals surface area contributed by atoms with Crippen LogP contribution in [0.3, 0.4) is 0 Å². The maximum absolute atomic E-state index is 9.53. The summed E-state index contributed by atoms with van der Waals surface area (Å²) >= 11 is 3.24. The monoisotopic (exact) mass is 505 g/mol. The Balaban J connectivity index is 1.54. The van der Waals surface area contributed by atoms with Crippen LogP contribution in [0.4, 0.5) is 5.69 Å². The third-order valence-electron chi connectivity index (χ3n) is 6.03. The summed E-state index contributed by atoms with van der Waals surface area (Å²) in [5.41, 5.74) is 10.7. The molecular weight excluding hydrogens is 478 g/mol. The summed E-state index contributed by atoms with van der Waals surface area (Å²) in [5, 5.41) is 18.9. The minimum absolute atomic E-state index is 0.00345. The molecule has 0 aliphatic carbocycles. The van der Waals surface area contributed by atoms with E-state index in [0.29, 0.717) is 11.4 Å². The van der Waals surface area contributed by atoms with E-state index in [2.05, 4.69) is 22.3 Å². The van der Waals surface area contributed by atoms with Gasteiger partial charge in [-0.3, -0.25) is 0 Å². The molecule has 1 aliphatic rings. The van der Waals surface area contributed by atoms with E-state index < -0.39 is 6.29 Å². The van der Waals surface area contributed by atoms with Crippen molar-refractivity contribution in [2.24, 2.45) is 0 Å². The maximum Gasteiger partial charge on any atom is 0.185 e. The van der Waals surface area contributed by atoms with E-state index in [0.717, 1.165) is 31.6 Å². The third-order valence-corrected chi connectivity index (χ3v) is 8.09. The van der Waals surface area contributed by atoms with Crippen LogP contribution in [-0.2, 0) is 16.1 Å². The van der Waals surface area contributed by atoms with Crippen LogP contribution in [-0.4, -0.2) is 27.2 Å². The van der Waals surface area contributed by atoms with E-state index in [4.69, 9.17) is 15.2 Å². The number of nitrogen functional groups attached to an aromatic ring is 1. The Morgan fingerprint density at radius 2 is 1.69 bits per heavy atom. The van der Waals surface area contributed by atoms with Crippen LogP contribution in [0, 0.1) is 6.92 Å². The predicted molar refractivity (Wildman–Crippen MR) is 139 cm³/mol. The Labute approximate surface area is 213 Å². The quantitative estimate of drug-likeness (QED) is 0.248. The Bertz CT molecular complexity index is 1250. The number of rotatable bonds is 7. The predicted octanol–water partition coefficient (Wildman–Crippen LogP) is 5.65. The largest absolute Gasteiger partial charge is 0.399 e. The number of aliphatic hydroxyl groups excluding tert-OH is 1. The Hall–Kier alpha value is -2.75. The van der Waals surface area contributed by atoms with E-state index >= 15 is 0 Å². The van der Waals surface area contributed by atoms with Crippen molar-refractivity contribution in [2.75, 3.05) is 11.5 Å². The van der Waals surface area contributed by atoms with Crippen molar-refractivity contribution < 1.29 is 14.6 Å². The fourth-order valence-corrected chi connectivity index (χ4v) is 6.26. The Morgan fingerprint density at radius 3 is 2.37 bits per heavy atom. The van der Waals surface area contributed by atoms with Gasteiger partial charge in [0, 0.05) is 22.9 Å². The number of thioether (sulfide) groups is 1. The van der Waals surface area contributed by atoms with E-state index in [9.17, 15) is 5.11 Å². The molecule has 1 aromatic heterocycles. The zero-order chi connectivity index (χ0) is 24.2. The molecule has 1 saturated heterocycles. The van der Waals surface area contributed by atoms with Gasteiger partial charge in [0.05, 0.1) is 18.8 Å². The lowest BCUT2D eigenvalue weighted by molar-refractivity contribution is -0.255. The molecule has 6 nitrogen and oxygen atoms in total. The van der Waals surface area contributed by atoms with Crippen molar-refractivity contribution in [1.29, 1.82) is 0 Å². The highest BCUT2D eigenvalue weighted by Crippen LogP contribution is 2.48. The first-order valence-electron chi connectivity index (χ1n) is 11.4. The van der Waals surface area contributed by atoms with Gasteiger partial charge in [0.25, 0.3) is 0 Å². The third kappa shape index (κ3) is 5.58. The summed E-state index contributed by atoms with van der Waals surface area (Å²) in [4.78, 5) is 0. The number of aromatic nitrogens is 2. The van der Waals surface area contributed by atoms with E-state index in [-0.39, 0.29) is 24.7 Å². The first-order chi connectivity index (χ1) is 17.1. The van der Waals surface area contributed by atoms with Crippen LogP contribution < -0.4 is 5.73 Å². The average Bonchev–Trinajstić information content (AvgIpc) is 3.32. The number of ether oxygens (including phenoxy) is 2. The van der Waals surface area contributed by atoms with Gasteiger partial charge in [-0.15, -0.1) is 10.2 Å². The average molecular weight is 506 g/mol. The minimum Gasteiger partial charge on any atom is -0.399 e. The number of anilines is 1. The van der Waals surface area contributed by atoms with Gasteiger partial charge in [0.15, 0.2) is 10.6 Å². The van der Waals surface area contributed by atoms with E-state index in [1.807, 2.05) is 73.7 Å². The first-order valence-corrected chi connectivity index (χ1v) is 13.2. The molecule has 5 rings (SSSR count). The highest BCUT2D eigenvalue weighted by molar-refractivity contribution is 8.01. The van der Waals surface area contributed by atoms with Crippen molar-refractivity contribution in [3.05, 3.63) is 106 Å². The Kier molecular flexibility index (Phi) is 7.46. The van der Waals surface area contributed by atoms with Crippen LogP contribution in [0.25, 0.3) is 0 Å². The number of nitrogens with two attached hydrogens (primary N) is 1. The molecule has 4 atom stereocenters. The van der Waals surface area contributed by atoms with Crippen LogP contribution in [0.2, 0.25) is 0 Å². The van der Waals surface area contributed by atoms with Crippen LogP contribution >= 0.6 is 23.1 Å². The summed E-state index contributed by atoms with van der Waals surface area (Å²) in [6.07, 6.45) is -0.982. The zero-order valence-corrected chi connectivity index (χ0v) is 20.9. The summed E-state index contributed by atoms with van der Waals surface area (Å²) in [6, 6.07) is 26.0. The molecule has 1 aliphatic heterocycles. The topological polar surface area (TPSA) is 90.5 Å². The van der Waals surface area contributed by atoms with Gasteiger partial charge in [0.1, 0.15) is 5.01 Å². The first kappa shape index (κ1) is 24.0. The van der Waals surface area contributed by atoms with E-state index in [1.54, 1.807) is 23.1 Å². The fraction of sp³-hybridized carbons (Fsp3) is 0.259. The molecular formula is C27H27N3O3S2. The highest BCUT2D eigenvalue weighted by Gasteiger charge is 2.42. The molecule has 4 aromatic rings. The summed E-state index contributed by atoms with van der Waals surface area (Å²) in [6.45, 7) is 1.96. The molecule has 1 fully saturated rings. The van der Waals surface area contributed by atoms with Crippen LogP contribution in [0.15, 0.2) is 83.2 Å². The van der Waals surface area contributed by atoms with Gasteiger partial charge < -0.3 is 20.3 Å². The Morgan fingerprint density at radius 1 is 0.914 bits per heavy atom. The molecule has 2 heterocycles. The fourth-order valence-electron chi connectivity index (χ4n) is 4.35. The molecule has 8 heteroatoms. The SMILES string of the molecule is Cc1nnc(SCC2OC(c3cccc(N)c3)OC(c3ccc(CO)cc3)C2c2ccccc2)s1. The molecule has 0 saturated carbocycles. The van der Waals surface area contributed by atoms with Gasteiger partial charge in [-0.1, -0.05) is 89.8 Å². The van der Waals surface area contributed by atoms with Gasteiger partial charge in [-0.05, 0) is 35.7 Å². The van der Waals surface area contributed by atoms with Crippen molar-refractivity contribution in [3.8, 4) is 0 Å². The van der Waals surface area contributed by atoms with Gasteiger partial charge in [0.2, 0.25) is 0 Å². The lowest BCUT2D eigenvalue weighted by Crippen LogP contribution is -2.38. The van der Waals surface area contributed by atoms with Crippen LogP contribution in [0.5, 0.6) is 0 Å². The summed E-state index contributed by atoms with van der Waals surface area (Å²) < 4.78 is 14.2. The van der Waals surface area contributed by atoms with Crippen LogP contribution in [0.1, 0.15) is 45.6 Å². The second kappa shape index (κ2) is 10.9. The number of aliphatic hydroxyl groups is 1. The molecule has 180 valence electrons. The molecule has 3 aromatic carbocycles. The second-order valence-electron chi connectivity index (χ2n) is 8.47. The molecule has 3 N–H and O–H groups in total. The zero-order valence-electron chi connectivity index (χ0n) is 19.3. The molecule has 0 bridgehead atoms. The van der Waals surface area contributed by atoms with Crippen molar-refractivity contribution in [1.82, 2.24) is 10.2 Å². The minimum atomic E-state index is -0.567. The van der Waals surface area contributed by atoms with Crippen molar-refractivity contribution in [3.63, 3.8) is 0 Å². The standard InChI is InChI=1S/C27H27N3O3S2/c1-17-29-30-27(35-17)34-16-23-24(19-6-3-2-4-7-19)25(20-12-10-18(15-31)11-13-20)33-26(32-23)21-8-5-9-22(28)14-21/h2-14,23-26,31H,15-16,28H2,1H3. The number of hydrogen-bond donors (Lipinski definition) is 2. The highest BCUT2D eigenvalue weighted by atomic mass is 32.2. The van der Waals surface area contributed by atoms with Gasteiger partial charge >= 0.3 is 0 Å². The van der Waals surface area contributed by atoms with Crippen molar-refractivity contribution in [2.45, 2.75) is 42.3 Å².